The van der Waals surface area contributed by atoms with Crippen molar-refractivity contribution in [1.82, 2.24) is 20.0 Å². The van der Waals surface area contributed by atoms with E-state index >= 15 is 0 Å². The Balaban J connectivity index is 1.56. The van der Waals surface area contributed by atoms with Crippen LogP contribution in [0.5, 0.6) is 0 Å². The maximum Gasteiger partial charge on any atom is 0.234 e. The van der Waals surface area contributed by atoms with Gasteiger partial charge in [-0.2, -0.15) is 5.10 Å². The zero-order valence-corrected chi connectivity index (χ0v) is 16.7. The minimum atomic E-state index is -0.0854. The summed E-state index contributed by atoms with van der Waals surface area (Å²) in [4.78, 5) is 12.2. The number of para-hydroxylation sites is 1. The van der Waals surface area contributed by atoms with Gasteiger partial charge < -0.3 is 10.6 Å². The zero-order chi connectivity index (χ0) is 18.7. The molecule has 9 heteroatoms. The van der Waals surface area contributed by atoms with Crippen molar-refractivity contribution in [3.05, 3.63) is 41.2 Å². The monoisotopic (exact) mass is 388 g/mol. The molecule has 0 unspecified atom stereocenters. The SMILES string of the molecule is Cc1ccccc1Nc1nnc(SCC(=O)Nc2c(C)nn(C)c2C)s1. The fourth-order valence-electron chi connectivity index (χ4n) is 2.40. The van der Waals surface area contributed by atoms with Crippen molar-refractivity contribution >= 4 is 45.5 Å². The molecule has 26 heavy (non-hydrogen) atoms. The van der Waals surface area contributed by atoms with Crippen LogP contribution in [0.1, 0.15) is 17.0 Å². The molecule has 136 valence electrons. The van der Waals surface area contributed by atoms with Crippen LogP contribution in [0.2, 0.25) is 0 Å². The lowest BCUT2D eigenvalue weighted by atomic mass is 10.2. The molecule has 2 aromatic heterocycles. The van der Waals surface area contributed by atoms with Gasteiger partial charge in [0.25, 0.3) is 0 Å². The Bertz CT molecular complexity index is 933. The Morgan fingerprint density at radius 1 is 1.23 bits per heavy atom. The van der Waals surface area contributed by atoms with Crippen molar-refractivity contribution in [2.45, 2.75) is 25.1 Å². The van der Waals surface area contributed by atoms with Crippen molar-refractivity contribution < 1.29 is 4.79 Å². The molecule has 0 bridgehead atoms. The number of anilines is 3. The summed E-state index contributed by atoms with van der Waals surface area (Å²) in [5.41, 5.74) is 4.65. The van der Waals surface area contributed by atoms with Crippen LogP contribution < -0.4 is 10.6 Å². The number of hydrogen-bond acceptors (Lipinski definition) is 7. The van der Waals surface area contributed by atoms with Gasteiger partial charge in [-0.3, -0.25) is 9.48 Å². The summed E-state index contributed by atoms with van der Waals surface area (Å²) in [5, 5.41) is 19.5. The third-order valence-electron chi connectivity index (χ3n) is 3.89. The third-order valence-corrected chi connectivity index (χ3v) is 5.87. The molecule has 1 aromatic carbocycles. The zero-order valence-electron chi connectivity index (χ0n) is 15.0. The lowest BCUT2D eigenvalue weighted by Crippen LogP contribution is -2.15. The number of nitrogens with zero attached hydrogens (tertiary/aromatic N) is 4. The van der Waals surface area contributed by atoms with Crippen molar-refractivity contribution in [1.29, 1.82) is 0 Å². The van der Waals surface area contributed by atoms with Gasteiger partial charge in [0.1, 0.15) is 0 Å². The van der Waals surface area contributed by atoms with E-state index in [0.29, 0.717) is 5.13 Å². The number of hydrogen-bond donors (Lipinski definition) is 2. The summed E-state index contributed by atoms with van der Waals surface area (Å²) >= 11 is 2.80. The van der Waals surface area contributed by atoms with E-state index in [1.165, 1.54) is 23.1 Å². The van der Waals surface area contributed by atoms with E-state index in [2.05, 4.69) is 25.9 Å². The maximum absolute atomic E-state index is 12.2. The van der Waals surface area contributed by atoms with Crippen LogP contribution in [-0.4, -0.2) is 31.6 Å². The molecule has 2 N–H and O–H groups in total. The summed E-state index contributed by atoms with van der Waals surface area (Å²) in [7, 11) is 1.86. The highest BCUT2D eigenvalue weighted by molar-refractivity contribution is 8.01. The predicted molar refractivity (Wildman–Crippen MR) is 106 cm³/mol. The fraction of sp³-hybridized carbons (Fsp3) is 0.294. The number of aryl methyl sites for hydroxylation is 3. The molecule has 0 atom stereocenters. The second-order valence-electron chi connectivity index (χ2n) is 5.82. The summed E-state index contributed by atoms with van der Waals surface area (Å²) in [6, 6.07) is 7.99. The second-order valence-corrected chi connectivity index (χ2v) is 8.02. The molecular formula is C17H20N6OS2. The van der Waals surface area contributed by atoms with Crippen LogP contribution in [0.15, 0.2) is 28.6 Å². The largest absolute Gasteiger partial charge is 0.330 e. The lowest BCUT2D eigenvalue weighted by Gasteiger charge is -2.05. The standard InChI is InChI=1S/C17H20N6OS2/c1-10-7-5-6-8-13(10)18-16-20-21-17(26-16)25-9-14(24)19-15-11(2)22-23(4)12(15)3/h5-8H,9H2,1-4H3,(H,18,20)(H,19,24). The second kappa shape index (κ2) is 7.88. The molecule has 7 nitrogen and oxygen atoms in total. The number of rotatable bonds is 6. The van der Waals surface area contributed by atoms with Crippen molar-refractivity contribution in [3.8, 4) is 0 Å². The highest BCUT2D eigenvalue weighted by Gasteiger charge is 2.14. The molecule has 0 fully saturated rings. The predicted octanol–water partition coefficient (Wildman–Crippen LogP) is 3.67. The molecule has 2 heterocycles. The highest BCUT2D eigenvalue weighted by atomic mass is 32.2. The number of carbonyl (C=O) groups excluding carboxylic acids is 1. The molecule has 0 radical (unpaired) electrons. The number of amides is 1. The lowest BCUT2D eigenvalue weighted by molar-refractivity contribution is -0.113. The minimum Gasteiger partial charge on any atom is -0.330 e. The number of carbonyl (C=O) groups is 1. The number of benzene rings is 1. The first-order valence-corrected chi connectivity index (χ1v) is 9.83. The van der Waals surface area contributed by atoms with E-state index in [4.69, 9.17) is 0 Å². The van der Waals surface area contributed by atoms with Crippen LogP contribution in [0.3, 0.4) is 0 Å². The Kier molecular flexibility index (Phi) is 5.58. The van der Waals surface area contributed by atoms with Crippen LogP contribution >= 0.6 is 23.1 Å². The summed E-state index contributed by atoms with van der Waals surface area (Å²) in [6.45, 7) is 5.84. The average molecular weight is 389 g/mol. The molecular weight excluding hydrogens is 368 g/mol. The van der Waals surface area contributed by atoms with Crippen LogP contribution in [0, 0.1) is 20.8 Å². The van der Waals surface area contributed by atoms with Gasteiger partial charge in [-0.15, -0.1) is 10.2 Å². The first kappa shape index (κ1) is 18.4. The average Bonchev–Trinajstić information content (AvgIpc) is 3.15. The number of thioether (sulfide) groups is 1. The Morgan fingerprint density at radius 2 is 2.00 bits per heavy atom. The quantitative estimate of drug-likeness (QED) is 0.627. The van der Waals surface area contributed by atoms with Gasteiger partial charge in [-0.25, -0.2) is 0 Å². The topological polar surface area (TPSA) is 84.7 Å². The molecule has 3 rings (SSSR count). The Morgan fingerprint density at radius 3 is 2.69 bits per heavy atom. The fourth-order valence-corrected chi connectivity index (χ4v) is 3.97. The van der Waals surface area contributed by atoms with Gasteiger partial charge in [0.15, 0.2) is 4.34 Å². The molecule has 0 aliphatic rings. The summed E-state index contributed by atoms with van der Waals surface area (Å²) in [6.07, 6.45) is 0. The first-order chi connectivity index (χ1) is 12.4. The third kappa shape index (κ3) is 4.23. The molecule has 0 saturated carbocycles. The van der Waals surface area contributed by atoms with Gasteiger partial charge in [-0.05, 0) is 32.4 Å². The van der Waals surface area contributed by atoms with E-state index in [1.54, 1.807) is 4.68 Å². The molecule has 0 spiro atoms. The Labute approximate surface area is 160 Å². The van der Waals surface area contributed by atoms with Crippen molar-refractivity contribution in [3.63, 3.8) is 0 Å². The summed E-state index contributed by atoms with van der Waals surface area (Å²) in [5.74, 6) is 0.185. The van der Waals surface area contributed by atoms with Crippen molar-refractivity contribution in [2.75, 3.05) is 16.4 Å². The molecule has 0 aliphatic carbocycles. The van der Waals surface area contributed by atoms with Gasteiger partial charge in [0, 0.05) is 12.7 Å². The van der Waals surface area contributed by atoms with Crippen LogP contribution in [-0.2, 0) is 11.8 Å². The van der Waals surface area contributed by atoms with E-state index in [0.717, 1.165) is 32.7 Å². The minimum absolute atomic E-state index is 0.0854. The van der Waals surface area contributed by atoms with E-state index < -0.39 is 0 Å². The smallest absolute Gasteiger partial charge is 0.234 e. The summed E-state index contributed by atoms with van der Waals surface area (Å²) < 4.78 is 2.50. The van der Waals surface area contributed by atoms with Crippen LogP contribution in [0.4, 0.5) is 16.5 Å². The van der Waals surface area contributed by atoms with Gasteiger partial charge in [-0.1, -0.05) is 41.3 Å². The van der Waals surface area contributed by atoms with Gasteiger partial charge >= 0.3 is 0 Å². The molecule has 3 aromatic rings. The number of nitrogens with one attached hydrogen (secondary N) is 2. The Hall–Kier alpha value is -2.39. The normalized spacial score (nSPS) is 10.8. The van der Waals surface area contributed by atoms with E-state index in [1.807, 2.05) is 52.1 Å². The van der Waals surface area contributed by atoms with Crippen molar-refractivity contribution in [2.24, 2.45) is 7.05 Å². The highest BCUT2D eigenvalue weighted by Crippen LogP contribution is 2.29. The maximum atomic E-state index is 12.2. The number of aromatic nitrogens is 4. The van der Waals surface area contributed by atoms with E-state index in [-0.39, 0.29) is 11.7 Å². The van der Waals surface area contributed by atoms with Gasteiger partial charge in [0.05, 0.1) is 22.8 Å². The molecule has 1 amide bonds. The molecule has 0 saturated heterocycles. The van der Waals surface area contributed by atoms with Gasteiger partial charge in [0.2, 0.25) is 11.0 Å². The van der Waals surface area contributed by atoms with Crippen LogP contribution in [0.25, 0.3) is 0 Å². The molecule has 0 aliphatic heterocycles. The first-order valence-electron chi connectivity index (χ1n) is 8.03. The van der Waals surface area contributed by atoms with E-state index in [9.17, 15) is 4.79 Å².